The van der Waals surface area contributed by atoms with Crippen LogP contribution in [-0.2, 0) is 0 Å². The van der Waals surface area contributed by atoms with Crippen LogP contribution in [0.3, 0.4) is 0 Å². The molecule has 14 heavy (non-hydrogen) atoms. The quantitative estimate of drug-likeness (QED) is 0.601. The smallest absolute Gasteiger partial charge is 0.0664 e. The van der Waals surface area contributed by atoms with Crippen molar-refractivity contribution < 1.29 is 5.11 Å². The zero-order valence-corrected chi connectivity index (χ0v) is 10.1. The molecule has 0 spiro atoms. The largest absolute Gasteiger partial charge is 0.392 e. The van der Waals surface area contributed by atoms with Crippen molar-refractivity contribution in [1.82, 2.24) is 5.32 Å². The first-order valence-electron chi connectivity index (χ1n) is 6.15. The SMILES string of the molecule is CCCCC(CC)NCC(O)CCC. The highest BCUT2D eigenvalue weighted by Crippen LogP contribution is 2.04. The van der Waals surface area contributed by atoms with Gasteiger partial charge in [-0.25, -0.2) is 0 Å². The lowest BCUT2D eigenvalue weighted by Gasteiger charge is -2.18. The normalized spacial score (nSPS) is 15.4. The molecule has 0 saturated carbocycles. The third kappa shape index (κ3) is 7.34. The summed E-state index contributed by atoms with van der Waals surface area (Å²) < 4.78 is 0. The Labute approximate surface area is 89.1 Å². The van der Waals surface area contributed by atoms with Gasteiger partial charge >= 0.3 is 0 Å². The van der Waals surface area contributed by atoms with Crippen LogP contribution in [0.5, 0.6) is 0 Å². The Morgan fingerprint density at radius 3 is 2.29 bits per heavy atom. The minimum absolute atomic E-state index is 0.157. The summed E-state index contributed by atoms with van der Waals surface area (Å²) in [4.78, 5) is 0. The highest BCUT2D eigenvalue weighted by molar-refractivity contribution is 4.67. The Morgan fingerprint density at radius 2 is 1.79 bits per heavy atom. The molecule has 2 N–H and O–H groups in total. The molecule has 0 aromatic carbocycles. The van der Waals surface area contributed by atoms with Crippen LogP contribution in [0.25, 0.3) is 0 Å². The maximum Gasteiger partial charge on any atom is 0.0664 e. The number of unbranched alkanes of at least 4 members (excludes halogenated alkanes) is 1. The Kier molecular flexibility index (Phi) is 9.42. The van der Waals surface area contributed by atoms with Gasteiger partial charge in [-0.3, -0.25) is 0 Å². The Balaban J connectivity index is 3.50. The van der Waals surface area contributed by atoms with Crippen molar-refractivity contribution in [2.45, 2.75) is 71.4 Å². The van der Waals surface area contributed by atoms with E-state index in [1.54, 1.807) is 0 Å². The van der Waals surface area contributed by atoms with E-state index in [0.717, 1.165) is 19.4 Å². The van der Waals surface area contributed by atoms with Crippen LogP contribution in [0.4, 0.5) is 0 Å². The number of hydrogen-bond acceptors (Lipinski definition) is 2. The maximum absolute atomic E-state index is 9.56. The summed E-state index contributed by atoms with van der Waals surface area (Å²) in [6.45, 7) is 7.30. The van der Waals surface area contributed by atoms with Gasteiger partial charge in [0.1, 0.15) is 0 Å². The monoisotopic (exact) mass is 201 g/mol. The molecule has 0 aliphatic heterocycles. The van der Waals surface area contributed by atoms with Crippen LogP contribution in [0.15, 0.2) is 0 Å². The predicted molar refractivity (Wildman–Crippen MR) is 62.5 cm³/mol. The number of nitrogens with one attached hydrogen (secondary N) is 1. The van der Waals surface area contributed by atoms with Crippen LogP contribution in [0.2, 0.25) is 0 Å². The van der Waals surface area contributed by atoms with E-state index in [1.165, 1.54) is 25.7 Å². The second kappa shape index (κ2) is 9.47. The summed E-state index contributed by atoms with van der Waals surface area (Å²) in [5, 5.41) is 13.0. The third-order valence-electron chi connectivity index (χ3n) is 2.66. The molecule has 86 valence electrons. The van der Waals surface area contributed by atoms with Crippen molar-refractivity contribution in [3.63, 3.8) is 0 Å². The third-order valence-corrected chi connectivity index (χ3v) is 2.66. The van der Waals surface area contributed by atoms with Gasteiger partial charge in [-0.15, -0.1) is 0 Å². The molecule has 0 aromatic heterocycles. The Bertz CT molecular complexity index is 117. The molecule has 0 aliphatic rings. The molecule has 2 nitrogen and oxygen atoms in total. The van der Waals surface area contributed by atoms with E-state index < -0.39 is 0 Å². The molecule has 0 aromatic rings. The first-order chi connectivity index (χ1) is 6.74. The Morgan fingerprint density at radius 1 is 1.07 bits per heavy atom. The van der Waals surface area contributed by atoms with Crippen LogP contribution >= 0.6 is 0 Å². The molecule has 0 fully saturated rings. The molecule has 0 heterocycles. The number of aliphatic hydroxyl groups excluding tert-OH is 1. The summed E-state index contributed by atoms with van der Waals surface area (Å²) in [6, 6.07) is 0.599. The van der Waals surface area contributed by atoms with Gasteiger partial charge in [0, 0.05) is 12.6 Å². The maximum atomic E-state index is 9.56. The minimum atomic E-state index is -0.157. The van der Waals surface area contributed by atoms with E-state index >= 15 is 0 Å². The van der Waals surface area contributed by atoms with E-state index in [1.807, 2.05) is 0 Å². The van der Waals surface area contributed by atoms with Crippen molar-refractivity contribution >= 4 is 0 Å². The average molecular weight is 201 g/mol. The van der Waals surface area contributed by atoms with Gasteiger partial charge in [0.2, 0.25) is 0 Å². The second-order valence-corrected chi connectivity index (χ2v) is 4.10. The molecule has 0 amide bonds. The molecule has 2 heteroatoms. The number of rotatable bonds is 9. The van der Waals surface area contributed by atoms with Gasteiger partial charge in [-0.2, -0.15) is 0 Å². The topological polar surface area (TPSA) is 32.3 Å². The molecule has 0 rings (SSSR count). The van der Waals surface area contributed by atoms with E-state index in [4.69, 9.17) is 0 Å². The standard InChI is InChI=1S/C12H27NO/c1-4-7-9-11(6-3)13-10-12(14)8-5-2/h11-14H,4-10H2,1-3H3. The van der Waals surface area contributed by atoms with Gasteiger partial charge in [0.15, 0.2) is 0 Å². The van der Waals surface area contributed by atoms with E-state index in [0.29, 0.717) is 6.04 Å². The van der Waals surface area contributed by atoms with Gasteiger partial charge in [-0.05, 0) is 19.3 Å². The van der Waals surface area contributed by atoms with Crippen molar-refractivity contribution in [2.75, 3.05) is 6.54 Å². The van der Waals surface area contributed by atoms with Gasteiger partial charge in [0.25, 0.3) is 0 Å². The fraction of sp³-hybridized carbons (Fsp3) is 1.00. The van der Waals surface area contributed by atoms with E-state index in [-0.39, 0.29) is 6.10 Å². The molecule has 2 atom stereocenters. The fourth-order valence-electron chi connectivity index (χ4n) is 1.64. The Hall–Kier alpha value is -0.0800. The zero-order valence-electron chi connectivity index (χ0n) is 10.1. The number of hydrogen-bond donors (Lipinski definition) is 2. The second-order valence-electron chi connectivity index (χ2n) is 4.10. The lowest BCUT2D eigenvalue weighted by molar-refractivity contribution is 0.155. The molecule has 0 bridgehead atoms. The predicted octanol–water partition coefficient (Wildman–Crippen LogP) is 2.71. The molecular formula is C12H27NO. The van der Waals surface area contributed by atoms with Crippen LogP contribution in [0.1, 0.15) is 59.3 Å². The molecule has 0 radical (unpaired) electrons. The van der Waals surface area contributed by atoms with Crippen LogP contribution < -0.4 is 5.32 Å². The highest BCUT2D eigenvalue weighted by atomic mass is 16.3. The summed E-state index contributed by atoms with van der Waals surface area (Å²) in [5.41, 5.74) is 0. The van der Waals surface area contributed by atoms with E-state index in [2.05, 4.69) is 26.1 Å². The summed E-state index contributed by atoms with van der Waals surface area (Å²) in [5.74, 6) is 0. The lowest BCUT2D eigenvalue weighted by Crippen LogP contribution is -2.35. The van der Waals surface area contributed by atoms with Gasteiger partial charge in [-0.1, -0.05) is 40.0 Å². The summed E-state index contributed by atoms with van der Waals surface area (Å²) >= 11 is 0. The summed E-state index contributed by atoms with van der Waals surface area (Å²) in [7, 11) is 0. The van der Waals surface area contributed by atoms with E-state index in [9.17, 15) is 5.11 Å². The van der Waals surface area contributed by atoms with Crippen molar-refractivity contribution in [3.8, 4) is 0 Å². The summed E-state index contributed by atoms with van der Waals surface area (Å²) in [6.07, 6.45) is 6.78. The molecule has 2 unspecified atom stereocenters. The van der Waals surface area contributed by atoms with Gasteiger partial charge in [0.05, 0.1) is 6.10 Å². The van der Waals surface area contributed by atoms with Crippen molar-refractivity contribution in [2.24, 2.45) is 0 Å². The number of aliphatic hydroxyl groups is 1. The molecule has 0 aliphatic carbocycles. The van der Waals surface area contributed by atoms with Crippen molar-refractivity contribution in [3.05, 3.63) is 0 Å². The first-order valence-corrected chi connectivity index (χ1v) is 6.15. The highest BCUT2D eigenvalue weighted by Gasteiger charge is 2.07. The average Bonchev–Trinajstić information content (AvgIpc) is 2.19. The minimum Gasteiger partial charge on any atom is -0.392 e. The fourth-order valence-corrected chi connectivity index (χ4v) is 1.64. The van der Waals surface area contributed by atoms with Gasteiger partial charge < -0.3 is 10.4 Å². The van der Waals surface area contributed by atoms with Crippen molar-refractivity contribution in [1.29, 1.82) is 0 Å². The molecule has 0 saturated heterocycles. The van der Waals surface area contributed by atoms with Crippen LogP contribution in [0, 0.1) is 0 Å². The first kappa shape index (κ1) is 13.9. The van der Waals surface area contributed by atoms with Crippen LogP contribution in [-0.4, -0.2) is 23.8 Å². The lowest BCUT2D eigenvalue weighted by atomic mass is 10.1. The molecular weight excluding hydrogens is 174 g/mol. The zero-order chi connectivity index (χ0) is 10.8.